The lowest BCUT2D eigenvalue weighted by Gasteiger charge is -2.08. The van der Waals surface area contributed by atoms with E-state index in [4.69, 9.17) is 10.5 Å². The van der Waals surface area contributed by atoms with Crippen LogP contribution in [0, 0.1) is 6.92 Å². The molecule has 3 aromatic rings. The maximum atomic E-state index is 5.78. The van der Waals surface area contributed by atoms with Crippen LogP contribution in [0.25, 0.3) is 11.3 Å². The fraction of sp³-hybridized carbons (Fsp3) is 0.0588. The van der Waals surface area contributed by atoms with Gasteiger partial charge < -0.3 is 10.5 Å². The number of anilines is 1. The normalized spacial score (nSPS) is 10.3. The summed E-state index contributed by atoms with van der Waals surface area (Å²) in [4.78, 5) is 8.59. The Bertz CT molecular complexity index is 757. The number of aromatic nitrogens is 2. The van der Waals surface area contributed by atoms with Crippen LogP contribution >= 0.6 is 0 Å². The van der Waals surface area contributed by atoms with Gasteiger partial charge in [0.25, 0.3) is 0 Å². The van der Waals surface area contributed by atoms with Crippen LogP contribution in [0.15, 0.2) is 60.8 Å². The van der Waals surface area contributed by atoms with E-state index in [1.807, 2.05) is 55.5 Å². The lowest BCUT2D eigenvalue weighted by molar-refractivity contribution is 0.439. The van der Waals surface area contributed by atoms with Crippen molar-refractivity contribution in [2.24, 2.45) is 0 Å². The zero-order chi connectivity index (χ0) is 14.7. The maximum Gasteiger partial charge on any atom is 0.322 e. The summed E-state index contributed by atoms with van der Waals surface area (Å²) in [6, 6.07) is 17.6. The Labute approximate surface area is 123 Å². The first-order chi connectivity index (χ1) is 10.2. The lowest BCUT2D eigenvalue weighted by atomic mass is 10.1. The van der Waals surface area contributed by atoms with Gasteiger partial charge in [-0.25, -0.2) is 4.98 Å². The van der Waals surface area contributed by atoms with E-state index in [0.717, 1.165) is 16.8 Å². The molecule has 0 unspecified atom stereocenters. The van der Waals surface area contributed by atoms with Gasteiger partial charge in [0, 0.05) is 23.5 Å². The average molecular weight is 277 g/mol. The highest BCUT2D eigenvalue weighted by atomic mass is 16.5. The molecule has 104 valence electrons. The predicted molar refractivity (Wildman–Crippen MR) is 83.1 cm³/mol. The molecule has 2 N–H and O–H groups in total. The molecular weight excluding hydrogens is 262 g/mol. The number of aryl methyl sites for hydroxylation is 1. The van der Waals surface area contributed by atoms with Crippen LogP contribution in [0.2, 0.25) is 0 Å². The van der Waals surface area contributed by atoms with Crippen LogP contribution in [0.1, 0.15) is 5.56 Å². The molecule has 1 heterocycles. The van der Waals surface area contributed by atoms with Gasteiger partial charge in [0.05, 0.1) is 5.69 Å². The van der Waals surface area contributed by atoms with Gasteiger partial charge in [-0.05, 0) is 24.6 Å². The summed E-state index contributed by atoms with van der Waals surface area (Å²) in [5.74, 6) is 0.667. The van der Waals surface area contributed by atoms with E-state index in [0.29, 0.717) is 17.4 Å². The Morgan fingerprint density at radius 1 is 1.00 bits per heavy atom. The standard InChI is InChI=1S/C17H15N3O/c1-12-7-8-14(18)11-16(12)21-17-19-10-9-15(20-17)13-5-3-2-4-6-13/h2-11H,18H2,1H3. The van der Waals surface area contributed by atoms with Gasteiger partial charge in [0.2, 0.25) is 0 Å². The number of nitrogens with two attached hydrogens (primary N) is 1. The molecule has 0 aliphatic carbocycles. The lowest BCUT2D eigenvalue weighted by Crippen LogP contribution is -1.96. The number of hydrogen-bond acceptors (Lipinski definition) is 4. The van der Waals surface area contributed by atoms with E-state index >= 15 is 0 Å². The highest BCUT2D eigenvalue weighted by Gasteiger charge is 2.06. The minimum atomic E-state index is 0.310. The van der Waals surface area contributed by atoms with E-state index in [-0.39, 0.29) is 0 Å². The van der Waals surface area contributed by atoms with Gasteiger partial charge >= 0.3 is 6.01 Å². The molecule has 2 aromatic carbocycles. The highest BCUT2D eigenvalue weighted by Crippen LogP contribution is 2.26. The summed E-state index contributed by atoms with van der Waals surface area (Å²) in [7, 11) is 0. The number of nitrogens with zero attached hydrogens (tertiary/aromatic N) is 2. The van der Waals surface area contributed by atoms with Crippen molar-refractivity contribution >= 4 is 5.69 Å². The van der Waals surface area contributed by atoms with Crippen molar-refractivity contribution in [3.8, 4) is 23.0 Å². The molecule has 0 atom stereocenters. The molecule has 1 aromatic heterocycles. The van der Waals surface area contributed by atoms with Crippen LogP contribution in [0.5, 0.6) is 11.8 Å². The third kappa shape index (κ3) is 3.00. The van der Waals surface area contributed by atoms with Crippen molar-refractivity contribution < 1.29 is 4.74 Å². The van der Waals surface area contributed by atoms with Crippen molar-refractivity contribution in [2.45, 2.75) is 6.92 Å². The molecule has 4 heteroatoms. The van der Waals surface area contributed by atoms with Crippen molar-refractivity contribution in [3.05, 3.63) is 66.4 Å². The van der Waals surface area contributed by atoms with Crippen molar-refractivity contribution in [2.75, 3.05) is 5.73 Å². The monoisotopic (exact) mass is 277 g/mol. The van der Waals surface area contributed by atoms with Gasteiger partial charge in [-0.3, -0.25) is 0 Å². The molecule has 0 saturated carbocycles. The molecule has 0 bridgehead atoms. The summed E-state index contributed by atoms with van der Waals surface area (Å²) < 4.78 is 5.75. The number of rotatable bonds is 3. The van der Waals surface area contributed by atoms with E-state index in [1.165, 1.54) is 0 Å². The molecule has 0 fully saturated rings. The minimum Gasteiger partial charge on any atom is -0.424 e. The van der Waals surface area contributed by atoms with E-state index in [9.17, 15) is 0 Å². The second-order valence-electron chi connectivity index (χ2n) is 4.72. The Balaban J connectivity index is 1.92. The van der Waals surface area contributed by atoms with Crippen LogP contribution in [-0.2, 0) is 0 Å². The topological polar surface area (TPSA) is 61.0 Å². The van der Waals surface area contributed by atoms with Crippen LogP contribution in [-0.4, -0.2) is 9.97 Å². The molecule has 0 saturated heterocycles. The molecule has 0 aliphatic rings. The first-order valence-corrected chi connectivity index (χ1v) is 6.65. The van der Waals surface area contributed by atoms with Crippen molar-refractivity contribution in [1.82, 2.24) is 9.97 Å². The first kappa shape index (κ1) is 13.1. The summed E-state index contributed by atoms with van der Waals surface area (Å²) in [6.45, 7) is 1.95. The fourth-order valence-electron chi connectivity index (χ4n) is 1.98. The Hall–Kier alpha value is -2.88. The summed E-state index contributed by atoms with van der Waals surface area (Å²) >= 11 is 0. The molecule has 0 amide bonds. The Kier molecular flexibility index (Phi) is 3.51. The fourth-order valence-corrected chi connectivity index (χ4v) is 1.98. The number of benzene rings is 2. The molecule has 0 radical (unpaired) electrons. The second kappa shape index (κ2) is 5.63. The van der Waals surface area contributed by atoms with Gasteiger partial charge in [0.15, 0.2) is 0 Å². The maximum absolute atomic E-state index is 5.78. The third-order valence-corrected chi connectivity index (χ3v) is 3.12. The average Bonchev–Trinajstić information content (AvgIpc) is 2.52. The molecule has 0 spiro atoms. The largest absolute Gasteiger partial charge is 0.424 e. The van der Waals surface area contributed by atoms with Crippen LogP contribution in [0.4, 0.5) is 5.69 Å². The van der Waals surface area contributed by atoms with Crippen molar-refractivity contribution in [3.63, 3.8) is 0 Å². The van der Waals surface area contributed by atoms with Gasteiger partial charge in [-0.15, -0.1) is 0 Å². The van der Waals surface area contributed by atoms with E-state index < -0.39 is 0 Å². The van der Waals surface area contributed by atoms with Gasteiger partial charge in [-0.2, -0.15) is 4.98 Å². The molecular formula is C17H15N3O. The first-order valence-electron chi connectivity index (χ1n) is 6.65. The van der Waals surface area contributed by atoms with E-state index in [2.05, 4.69) is 9.97 Å². The smallest absolute Gasteiger partial charge is 0.322 e. The van der Waals surface area contributed by atoms with Gasteiger partial charge in [0.1, 0.15) is 5.75 Å². The van der Waals surface area contributed by atoms with Crippen LogP contribution in [0.3, 0.4) is 0 Å². The summed E-state index contributed by atoms with van der Waals surface area (Å²) in [5.41, 5.74) is 9.26. The predicted octanol–water partition coefficient (Wildman–Crippen LogP) is 3.83. The SMILES string of the molecule is Cc1ccc(N)cc1Oc1nccc(-c2ccccc2)n1. The number of ether oxygens (including phenoxy) is 1. The molecule has 3 rings (SSSR count). The highest BCUT2D eigenvalue weighted by molar-refractivity contribution is 5.58. The third-order valence-electron chi connectivity index (χ3n) is 3.12. The number of nitrogen functional groups attached to an aromatic ring is 1. The second-order valence-corrected chi connectivity index (χ2v) is 4.72. The number of hydrogen-bond donors (Lipinski definition) is 1. The molecule has 0 aliphatic heterocycles. The van der Waals surface area contributed by atoms with Gasteiger partial charge in [-0.1, -0.05) is 36.4 Å². The molecule has 21 heavy (non-hydrogen) atoms. The van der Waals surface area contributed by atoms with Crippen LogP contribution < -0.4 is 10.5 Å². The molecule has 4 nitrogen and oxygen atoms in total. The Morgan fingerprint density at radius 2 is 1.81 bits per heavy atom. The Morgan fingerprint density at radius 3 is 2.62 bits per heavy atom. The zero-order valence-electron chi connectivity index (χ0n) is 11.7. The minimum absolute atomic E-state index is 0.310. The summed E-state index contributed by atoms with van der Waals surface area (Å²) in [5, 5.41) is 0. The quantitative estimate of drug-likeness (QED) is 0.739. The van der Waals surface area contributed by atoms with Crippen molar-refractivity contribution in [1.29, 1.82) is 0 Å². The summed E-state index contributed by atoms with van der Waals surface area (Å²) in [6.07, 6.45) is 1.69. The van der Waals surface area contributed by atoms with E-state index in [1.54, 1.807) is 12.3 Å². The zero-order valence-corrected chi connectivity index (χ0v) is 11.7.